The van der Waals surface area contributed by atoms with Crippen molar-refractivity contribution in [3.8, 4) is 0 Å². The molecule has 1 heterocycles. The fraction of sp³-hybridized carbons (Fsp3) is 0.529. The van der Waals surface area contributed by atoms with Crippen LogP contribution in [0.4, 0.5) is 9.18 Å². The molecule has 1 aliphatic heterocycles. The van der Waals surface area contributed by atoms with E-state index in [4.69, 9.17) is 11.6 Å². The predicted octanol–water partition coefficient (Wildman–Crippen LogP) is 2.90. The minimum Gasteiger partial charge on any atom is -0.347 e. The smallest absolute Gasteiger partial charge is 0.315 e. The van der Waals surface area contributed by atoms with Gasteiger partial charge in [0.15, 0.2) is 0 Å². The molecule has 0 radical (unpaired) electrons. The average Bonchev–Trinajstić information content (AvgIpc) is 3.02. The largest absolute Gasteiger partial charge is 0.347 e. The molecule has 2 atom stereocenters. The molecule has 3 N–H and O–H groups in total. The molecule has 0 spiro atoms. The number of nitrogens with one attached hydrogen (secondary N) is 3. The standard InChI is InChI=1S/C17H21ClFN3O2/c18-12-8-11(6-7-13(12)19)15(10-4-2-1-3-5-10)22-16(23)14-9-20-17(24)21-14/h6-8,10,14-15H,1-5,9H2,(H,22,23)(H2,20,21,24). The Morgan fingerprint density at radius 2 is 2.04 bits per heavy atom. The molecule has 1 aromatic rings. The SMILES string of the molecule is O=C1NCC(C(=O)NC(c2ccc(F)c(Cl)c2)C2CCCCC2)N1. The fourth-order valence-electron chi connectivity index (χ4n) is 3.51. The van der Waals surface area contributed by atoms with Crippen LogP contribution in [-0.4, -0.2) is 24.5 Å². The number of carbonyl (C=O) groups is 2. The number of hydrogen-bond donors (Lipinski definition) is 3. The van der Waals surface area contributed by atoms with Crippen molar-refractivity contribution in [3.05, 3.63) is 34.6 Å². The van der Waals surface area contributed by atoms with E-state index in [0.29, 0.717) is 0 Å². The van der Waals surface area contributed by atoms with Crippen LogP contribution >= 0.6 is 11.6 Å². The summed E-state index contributed by atoms with van der Waals surface area (Å²) < 4.78 is 13.5. The number of hydrogen-bond acceptors (Lipinski definition) is 2. The van der Waals surface area contributed by atoms with Crippen molar-refractivity contribution in [3.63, 3.8) is 0 Å². The van der Waals surface area contributed by atoms with E-state index < -0.39 is 11.9 Å². The summed E-state index contributed by atoms with van der Waals surface area (Å²) in [4.78, 5) is 23.7. The quantitative estimate of drug-likeness (QED) is 0.779. The van der Waals surface area contributed by atoms with Crippen LogP contribution < -0.4 is 16.0 Å². The van der Waals surface area contributed by atoms with Crippen molar-refractivity contribution >= 4 is 23.5 Å². The van der Waals surface area contributed by atoms with Gasteiger partial charge in [-0.2, -0.15) is 0 Å². The van der Waals surface area contributed by atoms with Gasteiger partial charge in [0, 0.05) is 6.54 Å². The zero-order chi connectivity index (χ0) is 17.1. The van der Waals surface area contributed by atoms with Crippen molar-refractivity contribution in [1.29, 1.82) is 0 Å². The van der Waals surface area contributed by atoms with E-state index in [9.17, 15) is 14.0 Å². The third-order valence-electron chi connectivity index (χ3n) is 4.81. The zero-order valence-electron chi connectivity index (χ0n) is 13.3. The second-order valence-corrected chi connectivity index (χ2v) is 6.87. The van der Waals surface area contributed by atoms with Crippen molar-refractivity contribution < 1.29 is 14.0 Å². The minimum atomic E-state index is -0.584. The molecule has 1 aliphatic carbocycles. The first kappa shape index (κ1) is 17.0. The lowest BCUT2D eigenvalue weighted by molar-refractivity contribution is -0.123. The van der Waals surface area contributed by atoms with Gasteiger partial charge >= 0.3 is 6.03 Å². The number of urea groups is 1. The average molecular weight is 354 g/mol. The lowest BCUT2D eigenvalue weighted by Gasteiger charge is -2.32. The maximum Gasteiger partial charge on any atom is 0.315 e. The van der Waals surface area contributed by atoms with Crippen LogP contribution in [0.15, 0.2) is 18.2 Å². The summed E-state index contributed by atoms with van der Waals surface area (Å²) in [6.07, 6.45) is 5.45. The molecule has 0 aromatic heterocycles. The fourth-order valence-corrected chi connectivity index (χ4v) is 3.70. The molecule has 3 rings (SSSR count). The third-order valence-corrected chi connectivity index (χ3v) is 5.10. The van der Waals surface area contributed by atoms with Crippen LogP contribution in [0.25, 0.3) is 0 Å². The molecule has 2 fully saturated rings. The Hall–Kier alpha value is -1.82. The van der Waals surface area contributed by atoms with Gasteiger partial charge in [0.05, 0.1) is 11.1 Å². The molecule has 24 heavy (non-hydrogen) atoms. The number of rotatable bonds is 4. The molecule has 1 saturated heterocycles. The van der Waals surface area contributed by atoms with E-state index in [-0.39, 0.29) is 35.5 Å². The Morgan fingerprint density at radius 3 is 2.67 bits per heavy atom. The normalized spacial score (nSPS) is 22.6. The molecule has 2 unspecified atom stereocenters. The summed E-state index contributed by atoms with van der Waals surface area (Å²) in [7, 11) is 0. The second kappa shape index (κ2) is 7.38. The predicted molar refractivity (Wildman–Crippen MR) is 89.2 cm³/mol. The van der Waals surface area contributed by atoms with E-state index in [1.54, 1.807) is 12.1 Å². The van der Waals surface area contributed by atoms with E-state index in [1.807, 2.05) is 0 Å². The monoisotopic (exact) mass is 353 g/mol. The summed E-state index contributed by atoms with van der Waals surface area (Å²) >= 11 is 5.92. The van der Waals surface area contributed by atoms with Gasteiger partial charge in [-0.25, -0.2) is 9.18 Å². The zero-order valence-corrected chi connectivity index (χ0v) is 14.0. The van der Waals surface area contributed by atoms with Gasteiger partial charge in [-0.05, 0) is 36.5 Å². The van der Waals surface area contributed by atoms with Crippen LogP contribution in [0.5, 0.6) is 0 Å². The Balaban J connectivity index is 1.79. The first-order valence-electron chi connectivity index (χ1n) is 8.34. The van der Waals surface area contributed by atoms with Crippen molar-refractivity contribution in [2.45, 2.75) is 44.2 Å². The highest BCUT2D eigenvalue weighted by molar-refractivity contribution is 6.30. The van der Waals surface area contributed by atoms with Crippen LogP contribution in [0.3, 0.4) is 0 Å². The Morgan fingerprint density at radius 1 is 1.29 bits per heavy atom. The second-order valence-electron chi connectivity index (χ2n) is 6.46. The first-order chi connectivity index (χ1) is 11.5. The van der Waals surface area contributed by atoms with Crippen LogP contribution in [0.1, 0.15) is 43.7 Å². The third kappa shape index (κ3) is 3.80. The molecule has 1 saturated carbocycles. The van der Waals surface area contributed by atoms with Crippen molar-refractivity contribution in [1.82, 2.24) is 16.0 Å². The van der Waals surface area contributed by atoms with Gasteiger partial charge in [-0.15, -0.1) is 0 Å². The van der Waals surface area contributed by atoms with Crippen LogP contribution in [-0.2, 0) is 4.79 Å². The summed E-state index contributed by atoms with van der Waals surface area (Å²) in [5.41, 5.74) is 0.805. The van der Waals surface area contributed by atoms with E-state index >= 15 is 0 Å². The Kier molecular flexibility index (Phi) is 5.23. The van der Waals surface area contributed by atoms with Gasteiger partial charge in [0.25, 0.3) is 0 Å². The van der Waals surface area contributed by atoms with Gasteiger partial charge in [0.1, 0.15) is 11.9 Å². The molecule has 7 heteroatoms. The van der Waals surface area contributed by atoms with E-state index in [0.717, 1.165) is 31.2 Å². The molecule has 3 amide bonds. The summed E-state index contributed by atoms with van der Waals surface area (Å²) in [6, 6.07) is 3.44. The molecule has 130 valence electrons. The molecule has 5 nitrogen and oxygen atoms in total. The van der Waals surface area contributed by atoms with Crippen molar-refractivity contribution in [2.24, 2.45) is 5.92 Å². The summed E-state index contributed by atoms with van der Waals surface area (Å²) in [5, 5.41) is 8.26. The Bertz CT molecular complexity index is 634. The molecular formula is C17H21ClFN3O2. The lowest BCUT2D eigenvalue weighted by atomic mass is 9.81. The molecule has 0 bridgehead atoms. The maximum absolute atomic E-state index is 13.5. The molecule has 1 aromatic carbocycles. The van der Waals surface area contributed by atoms with Gasteiger partial charge in [-0.1, -0.05) is 36.9 Å². The Labute approximate surface area is 145 Å². The number of amides is 3. The van der Waals surface area contributed by atoms with E-state index in [2.05, 4.69) is 16.0 Å². The highest BCUT2D eigenvalue weighted by Gasteiger charge is 2.32. The highest BCUT2D eigenvalue weighted by atomic mass is 35.5. The van der Waals surface area contributed by atoms with Gasteiger partial charge in [0.2, 0.25) is 5.91 Å². The van der Waals surface area contributed by atoms with Crippen LogP contribution in [0.2, 0.25) is 5.02 Å². The molecular weight excluding hydrogens is 333 g/mol. The van der Waals surface area contributed by atoms with Gasteiger partial charge < -0.3 is 16.0 Å². The summed E-state index contributed by atoms with van der Waals surface area (Å²) in [6.45, 7) is 0.270. The topological polar surface area (TPSA) is 70.2 Å². The maximum atomic E-state index is 13.5. The highest BCUT2D eigenvalue weighted by Crippen LogP contribution is 2.35. The van der Waals surface area contributed by atoms with E-state index in [1.165, 1.54) is 12.5 Å². The van der Waals surface area contributed by atoms with Crippen LogP contribution in [0, 0.1) is 11.7 Å². The van der Waals surface area contributed by atoms with Gasteiger partial charge in [-0.3, -0.25) is 4.79 Å². The minimum absolute atomic E-state index is 0.0541. The summed E-state index contributed by atoms with van der Waals surface area (Å²) in [5.74, 6) is -0.417. The number of benzene rings is 1. The molecule has 2 aliphatic rings. The van der Waals surface area contributed by atoms with Crippen molar-refractivity contribution in [2.75, 3.05) is 6.54 Å². The number of halogens is 2. The lowest BCUT2D eigenvalue weighted by Crippen LogP contribution is -2.46. The first-order valence-corrected chi connectivity index (χ1v) is 8.72. The number of carbonyl (C=O) groups excluding carboxylic acids is 2.